The molecule has 4 heteroatoms. The number of carbonyl (C=O) groups excluding carboxylic acids is 1. The topological polar surface area (TPSA) is 49.3 Å². The molecule has 0 radical (unpaired) electrons. The molecule has 2 aromatic rings. The predicted molar refractivity (Wildman–Crippen MR) is 71.4 cm³/mol. The fourth-order valence-electron chi connectivity index (χ4n) is 1.61. The Bertz CT molecular complexity index is 519. The molecule has 90 valence electrons. The van der Waals surface area contributed by atoms with E-state index < -0.39 is 6.10 Å². The molecule has 0 aliphatic heterocycles. The van der Waals surface area contributed by atoms with E-state index in [-0.39, 0.29) is 5.91 Å². The first-order chi connectivity index (χ1) is 8.15. The van der Waals surface area contributed by atoms with E-state index in [0.717, 1.165) is 11.1 Å². The van der Waals surface area contributed by atoms with Crippen molar-refractivity contribution in [1.29, 1.82) is 0 Å². The zero-order valence-electron chi connectivity index (χ0n) is 9.64. The summed E-state index contributed by atoms with van der Waals surface area (Å²) in [5.41, 5.74) is 0.812. The summed E-state index contributed by atoms with van der Waals surface area (Å²) in [5.74, 6) is -0.0551. The fraction of sp³-hybridized carbons (Fsp3) is 0.308. The highest BCUT2D eigenvalue weighted by Gasteiger charge is 2.05. The molecule has 1 aromatic heterocycles. The predicted octanol–water partition coefficient (Wildman–Crippen LogP) is 3.00. The molecular weight excluding hydrogens is 234 g/mol. The van der Waals surface area contributed by atoms with Gasteiger partial charge in [0.1, 0.15) is 0 Å². The Morgan fingerprint density at radius 3 is 3.06 bits per heavy atom. The van der Waals surface area contributed by atoms with Crippen molar-refractivity contribution in [3.63, 3.8) is 0 Å². The molecule has 1 unspecified atom stereocenters. The van der Waals surface area contributed by atoms with E-state index in [1.165, 1.54) is 4.70 Å². The summed E-state index contributed by atoms with van der Waals surface area (Å²) < 4.78 is 1.21. The summed E-state index contributed by atoms with van der Waals surface area (Å²) in [5, 5.41) is 15.1. The lowest BCUT2D eigenvalue weighted by molar-refractivity contribution is -0.116. The number of amides is 1. The highest BCUT2D eigenvalue weighted by atomic mass is 32.1. The smallest absolute Gasteiger partial charge is 0.224 e. The summed E-state index contributed by atoms with van der Waals surface area (Å²) in [7, 11) is 0. The molecule has 17 heavy (non-hydrogen) atoms. The van der Waals surface area contributed by atoms with E-state index in [1.54, 1.807) is 18.3 Å². The van der Waals surface area contributed by atoms with Gasteiger partial charge in [-0.1, -0.05) is 0 Å². The summed E-state index contributed by atoms with van der Waals surface area (Å²) in [6.45, 7) is 1.69. The van der Waals surface area contributed by atoms with Gasteiger partial charge in [-0.2, -0.15) is 0 Å². The second-order valence-corrected chi connectivity index (χ2v) is 5.06. The lowest BCUT2D eigenvalue weighted by Gasteiger charge is -2.06. The molecular formula is C13H15NO2S. The monoisotopic (exact) mass is 249 g/mol. The summed E-state index contributed by atoms with van der Waals surface area (Å²) >= 11 is 1.68. The molecule has 1 atom stereocenters. The first-order valence-electron chi connectivity index (χ1n) is 5.60. The van der Waals surface area contributed by atoms with E-state index >= 15 is 0 Å². The van der Waals surface area contributed by atoms with Crippen molar-refractivity contribution in [2.75, 3.05) is 5.32 Å². The van der Waals surface area contributed by atoms with Crippen LogP contribution in [-0.4, -0.2) is 17.1 Å². The average Bonchev–Trinajstić information content (AvgIpc) is 2.73. The first kappa shape index (κ1) is 12.1. The molecule has 2 N–H and O–H groups in total. The summed E-state index contributed by atoms with van der Waals surface area (Å²) in [6.07, 6.45) is 0.409. The zero-order valence-corrected chi connectivity index (χ0v) is 10.5. The van der Waals surface area contributed by atoms with Crippen LogP contribution in [0.1, 0.15) is 19.8 Å². The van der Waals surface area contributed by atoms with Crippen LogP contribution in [-0.2, 0) is 4.79 Å². The standard InChI is InChI=1S/C13H15NO2S/c1-9(15)2-5-13(16)14-11-3-4-12-10(8-11)6-7-17-12/h3-4,6-9,15H,2,5H2,1H3,(H,14,16). The largest absolute Gasteiger partial charge is 0.393 e. The molecule has 0 saturated heterocycles. The zero-order chi connectivity index (χ0) is 12.3. The third-order valence-electron chi connectivity index (χ3n) is 2.53. The van der Waals surface area contributed by atoms with Crippen molar-refractivity contribution in [3.8, 4) is 0 Å². The lowest BCUT2D eigenvalue weighted by atomic mass is 10.2. The molecule has 3 nitrogen and oxygen atoms in total. The maximum Gasteiger partial charge on any atom is 0.224 e. The maximum absolute atomic E-state index is 11.6. The minimum absolute atomic E-state index is 0.0551. The van der Waals surface area contributed by atoms with Crippen LogP contribution in [0.4, 0.5) is 5.69 Å². The van der Waals surface area contributed by atoms with Crippen LogP contribution in [0.2, 0.25) is 0 Å². The van der Waals surface area contributed by atoms with E-state index in [9.17, 15) is 4.79 Å². The molecule has 2 rings (SSSR count). The Balaban J connectivity index is 2.00. The Morgan fingerprint density at radius 2 is 2.29 bits per heavy atom. The molecule has 0 fully saturated rings. The van der Waals surface area contributed by atoms with Crippen LogP contribution < -0.4 is 5.32 Å². The van der Waals surface area contributed by atoms with Gasteiger partial charge in [-0.15, -0.1) is 11.3 Å². The highest BCUT2D eigenvalue weighted by Crippen LogP contribution is 2.24. The SMILES string of the molecule is CC(O)CCC(=O)Nc1ccc2sccc2c1. The van der Waals surface area contributed by atoms with E-state index in [2.05, 4.69) is 5.32 Å². The highest BCUT2D eigenvalue weighted by molar-refractivity contribution is 7.17. The Morgan fingerprint density at radius 1 is 1.47 bits per heavy atom. The van der Waals surface area contributed by atoms with Crippen molar-refractivity contribution in [2.24, 2.45) is 0 Å². The number of benzene rings is 1. The second kappa shape index (κ2) is 5.29. The molecule has 0 aliphatic rings. The maximum atomic E-state index is 11.6. The third-order valence-corrected chi connectivity index (χ3v) is 3.42. The number of nitrogens with one attached hydrogen (secondary N) is 1. The fourth-order valence-corrected chi connectivity index (χ4v) is 2.38. The van der Waals surface area contributed by atoms with Gasteiger partial charge in [0.2, 0.25) is 5.91 Å². The van der Waals surface area contributed by atoms with Gasteiger partial charge in [-0.3, -0.25) is 4.79 Å². The molecule has 0 aliphatic carbocycles. The quantitative estimate of drug-likeness (QED) is 0.875. The Kier molecular flexibility index (Phi) is 3.76. The minimum atomic E-state index is -0.430. The van der Waals surface area contributed by atoms with Crippen molar-refractivity contribution in [2.45, 2.75) is 25.9 Å². The van der Waals surface area contributed by atoms with E-state index in [0.29, 0.717) is 12.8 Å². The number of anilines is 1. The number of hydrogen-bond donors (Lipinski definition) is 2. The molecule has 1 heterocycles. The number of hydrogen-bond acceptors (Lipinski definition) is 3. The van der Waals surface area contributed by atoms with Crippen LogP contribution in [0.25, 0.3) is 10.1 Å². The average molecular weight is 249 g/mol. The van der Waals surface area contributed by atoms with Crippen LogP contribution in [0, 0.1) is 0 Å². The van der Waals surface area contributed by atoms with Gasteiger partial charge >= 0.3 is 0 Å². The van der Waals surface area contributed by atoms with Crippen LogP contribution in [0.5, 0.6) is 0 Å². The molecule has 0 bridgehead atoms. The van der Waals surface area contributed by atoms with Crippen molar-refractivity contribution >= 4 is 33.0 Å². The first-order valence-corrected chi connectivity index (χ1v) is 6.48. The third kappa shape index (κ3) is 3.28. The number of thiophene rings is 1. The lowest BCUT2D eigenvalue weighted by Crippen LogP contribution is -2.13. The number of fused-ring (bicyclic) bond motifs is 1. The minimum Gasteiger partial charge on any atom is -0.393 e. The normalized spacial score (nSPS) is 12.6. The number of rotatable bonds is 4. The van der Waals surface area contributed by atoms with Crippen molar-refractivity contribution < 1.29 is 9.90 Å². The molecule has 0 saturated carbocycles. The van der Waals surface area contributed by atoms with Gasteiger partial charge in [-0.25, -0.2) is 0 Å². The van der Waals surface area contributed by atoms with E-state index in [1.807, 2.05) is 29.6 Å². The van der Waals surface area contributed by atoms with Crippen LogP contribution in [0.15, 0.2) is 29.6 Å². The van der Waals surface area contributed by atoms with Crippen molar-refractivity contribution in [1.82, 2.24) is 0 Å². The Labute approximate surface area is 104 Å². The Hall–Kier alpha value is -1.39. The van der Waals surface area contributed by atoms with E-state index in [4.69, 9.17) is 5.11 Å². The molecule has 1 amide bonds. The van der Waals surface area contributed by atoms with Gasteiger partial charge in [0.05, 0.1) is 6.10 Å². The second-order valence-electron chi connectivity index (χ2n) is 4.11. The summed E-state index contributed by atoms with van der Waals surface area (Å²) in [6, 6.07) is 7.90. The van der Waals surface area contributed by atoms with Crippen molar-refractivity contribution in [3.05, 3.63) is 29.6 Å². The van der Waals surface area contributed by atoms with Gasteiger partial charge < -0.3 is 10.4 Å². The number of aliphatic hydroxyl groups is 1. The van der Waals surface area contributed by atoms with Gasteiger partial charge in [0, 0.05) is 16.8 Å². The van der Waals surface area contributed by atoms with Gasteiger partial charge in [-0.05, 0) is 48.4 Å². The summed E-state index contributed by atoms with van der Waals surface area (Å²) in [4.78, 5) is 11.6. The molecule has 0 spiro atoms. The number of aliphatic hydroxyl groups excluding tert-OH is 1. The van der Waals surface area contributed by atoms with Gasteiger partial charge in [0.15, 0.2) is 0 Å². The molecule has 1 aromatic carbocycles. The van der Waals surface area contributed by atoms with Crippen LogP contribution in [0.3, 0.4) is 0 Å². The number of carbonyl (C=O) groups is 1. The van der Waals surface area contributed by atoms with Gasteiger partial charge in [0.25, 0.3) is 0 Å². The van der Waals surface area contributed by atoms with Crippen LogP contribution >= 0.6 is 11.3 Å².